The van der Waals surface area contributed by atoms with E-state index in [-0.39, 0.29) is 5.91 Å². The summed E-state index contributed by atoms with van der Waals surface area (Å²) in [4.78, 5) is 38.7. The molecule has 0 aliphatic carbocycles. The Bertz CT molecular complexity index is 1200. The predicted molar refractivity (Wildman–Crippen MR) is 138 cm³/mol. The number of amides is 1. The van der Waals surface area contributed by atoms with Gasteiger partial charge in [-0.2, -0.15) is 4.98 Å². The minimum atomic E-state index is -0.245. The maximum absolute atomic E-state index is 13.3. The summed E-state index contributed by atoms with van der Waals surface area (Å²) >= 11 is 1.61. The number of hydrogen-bond acceptors (Lipinski definition) is 10. The Kier molecular flexibility index (Phi) is 6.34. The van der Waals surface area contributed by atoms with Crippen LogP contribution in [-0.2, 0) is 4.74 Å². The molecule has 0 atom stereocenters. The SMILES string of the molecule is O=C(Nc1cc2sc(N3CCOCC3)nc2nc1N1CCCCC1)c1ccnc(N2CCCC2)n1. The minimum Gasteiger partial charge on any atom is -0.378 e. The van der Waals surface area contributed by atoms with E-state index in [1.165, 1.54) is 6.42 Å². The summed E-state index contributed by atoms with van der Waals surface area (Å²) in [6.45, 7) is 6.79. The van der Waals surface area contributed by atoms with E-state index in [0.717, 1.165) is 86.2 Å². The zero-order chi connectivity index (χ0) is 23.6. The molecule has 10 nitrogen and oxygen atoms in total. The number of anilines is 4. The smallest absolute Gasteiger partial charge is 0.274 e. The van der Waals surface area contributed by atoms with Crippen molar-refractivity contribution in [3.05, 3.63) is 24.0 Å². The zero-order valence-corrected chi connectivity index (χ0v) is 20.6. The van der Waals surface area contributed by atoms with E-state index in [9.17, 15) is 4.79 Å². The summed E-state index contributed by atoms with van der Waals surface area (Å²) in [6.07, 6.45) is 7.39. The van der Waals surface area contributed by atoms with Crippen LogP contribution in [0.5, 0.6) is 0 Å². The molecule has 184 valence electrons. The second-order valence-electron chi connectivity index (χ2n) is 9.22. The minimum absolute atomic E-state index is 0.245. The van der Waals surface area contributed by atoms with Crippen LogP contribution >= 0.6 is 11.3 Å². The number of thiazole rings is 1. The summed E-state index contributed by atoms with van der Waals surface area (Å²) in [5.41, 5.74) is 1.81. The molecule has 3 aromatic heterocycles. The maximum Gasteiger partial charge on any atom is 0.274 e. The van der Waals surface area contributed by atoms with Gasteiger partial charge in [-0.05, 0) is 44.2 Å². The molecule has 3 fully saturated rings. The Morgan fingerprint density at radius 3 is 2.43 bits per heavy atom. The first-order chi connectivity index (χ1) is 17.2. The first-order valence-electron chi connectivity index (χ1n) is 12.5. The summed E-state index contributed by atoms with van der Waals surface area (Å²) in [5.74, 6) is 1.17. The number of aromatic nitrogens is 4. The number of carbonyl (C=O) groups excluding carboxylic acids is 1. The average Bonchev–Trinajstić information content (AvgIpc) is 3.60. The third-order valence-electron chi connectivity index (χ3n) is 6.80. The molecule has 0 saturated carbocycles. The van der Waals surface area contributed by atoms with Gasteiger partial charge in [-0.15, -0.1) is 0 Å². The molecule has 11 heteroatoms. The number of piperidine rings is 1. The molecule has 3 aliphatic heterocycles. The van der Waals surface area contributed by atoms with Crippen molar-refractivity contribution in [3.8, 4) is 0 Å². The lowest BCUT2D eigenvalue weighted by atomic mass is 10.1. The molecule has 3 aliphatic rings. The molecule has 0 bridgehead atoms. The van der Waals surface area contributed by atoms with Gasteiger partial charge in [-0.25, -0.2) is 15.0 Å². The topological polar surface area (TPSA) is 99.6 Å². The van der Waals surface area contributed by atoms with E-state index in [1.54, 1.807) is 23.6 Å². The fraction of sp³-hybridized carbons (Fsp3) is 0.542. The van der Waals surface area contributed by atoms with E-state index in [4.69, 9.17) is 14.7 Å². The quantitative estimate of drug-likeness (QED) is 0.573. The van der Waals surface area contributed by atoms with Gasteiger partial charge in [-0.1, -0.05) is 11.3 Å². The van der Waals surface area contributed by atoms with Crippen LogP contribution in [0.15, 0.2) is 18.3 Å². The number of nitrogens with zero attached hydrogens (tertiary/aromatic N) is 7. The lowest BCUT2D eigenvalue weighted by Gasteiger charge is -2.29. The van der Waals surface area contributed by atoms with Gasteiger partial charge >= 0.3 is 0 Å². The van der Waals surface area contributed by atoms with E-state index >= 15 is 0 Å². The second-order valence-corrected chi connectivity index (χ2v) is 10.2. The van der Waals surface area contributed by atoms with Gasteiger partial charge in [-0.3, -0.25) is 4.79 Å². The first kappa shape index (κ1) is 22.4. The van der Waals surface area contributed by atoms with E-state index in [1.807, 2.05) is 6.07 Å². The molecule has 0 radical (unpaired) electrons. The van der Waals surface area contributed by atoms with Gasteiger partial charge in [0.2, 0.25) is 5.95 Å². The Labute approximate surface area is 208 Å². The van der Waals surface area contributed by atoms with Crippen LogP contribution in [0.3, 0.4) is 0 Å². The van der Waals surface area contributed by atoms with Crippen molar-refractivity contribution in [2.75, 3.05) is 72.5 Å². The average molecular weight is 495 g/mol. The molecular formula is C24H30N8O2S. The predicted octanol–water partition coefficient (Wildman–Crippen LogP) is 3.16. The van der Waals surface area contributed by atoms with Crippen molar-refractivity contribution in [2.45, 2.75) is 32.1 Å². The van der Waals surface area contributed by atoms with Crippen LogP contribution in [-0.4, -0.2) is 78.3 Å². The van der Waals surface area contributed by atoms with Gasteiger partial charge in [0.15, 0.2) is 16.6 Å². The van der Waals surface area contributed by atoms with E-state index < -0.39 is 0 Å². The normalized spacial score (nSPS) is 18.9. The number of nitrogens with one attached hydrogen (secondary N) is 1. The molecule has 0 spiro atoms. The fourth-order valence-electron chi connectivity index (χ4n) is 4.90. The van der Waals surface area contributed by atoms with Crippen LogP contribution < -0.4 is 20.0 Å². The Balaban J connectivity index is 1.32. The number of pyridine rings is 1. The second kappa shape index (κ2) is 9.90. The van der Waals surface area contributed by atoms with E-state index in [0.29, 0.717) is 30.5 Å². The third kappa shape index (κ3) is 4.74. The molecule has 1 amide bonds. The molecule has 6 heterocycles. The molecular weight excluding hydrogens is 464 g/mol. The van der Waals surface area contributed by atoms with E-state index in [2.05, 4.69) is 30.0 Å². The standard InChI is InChI=1S/C24H30N8O2S/c33-22(17-6-7-25-23(27-17)31-10-4-5-11-31)26-18-16-19-20(28-21(18)30-8-2-1-3-9-30)29-24(35-19)32-12-14-34-15-13-32/h6-7,16H,1-5,8-15H2,(H,26,33). The molecule has 6 rings (SSSR count). The van der Waals surface area contributed by atoms with Gasteiger partial charge in [0, 0.05) is 45.5 Å². The van der Waals surface area contributed by atoms with Crippen molar-refractivity contribution in [3.63, 3.8) is 0 Å². The van der Waals surface area contributed by atoms with Crippen molar-refractivity contribution in [1.29, 1.82) is 0 Å². The van der Waals surface area contributed by atoms with Crippen molar-refractivity contribution >= 4 is 50.2 Å². The van der Waals surface area contributed by atoms with Crippen LogP contribution in [0.1, 0.15) is 42.6 Å². The van der Waals surface area contributed by atoms with Crippen molar-refractivity contribution < 1.29 is 9.53 Å². The highest BCUT2D eigenvalue weighted by atomic mass is 32.1. The number of hydrogen-bond donors (Lipinski definition) is 1. The Morgan fingerprint density at radius 1 is 0.886 bits per heavy atom. The highest BCUT2D eigenvalue weighted by molar-refractivity contribution is 7.22. The number of ether oxygens (including phenoxy) is 1. The van der Waals surface area contributed by atoms with Crippen molar-refractivity contribution in [2.24, 2.45) is 0 Å². The van der Waals surface area contributed by atoms with Crippen LogP contribution in [0.25, 0.3) is 10.3 Å². The maximum atomic E-state index is 13.3. The van der Waals surface area contributed by atoms with Gasteiger partial charge in [0.25, 0.3) is 5.91 Å². The molecule has 3 saturated heterocycles. The van der Waals surface area contributed by atoms with Crippen molar-refractivity contribution in [1.82, 2.24) is 19.9 Å². The van der Waals surface area contributed by atoms with Gasteiger partial charge in [0.1, 0.15) is 5.69 Å². The lowest BCUT2D eigenvalue weighted by molar-refractivity contribution is 0.102. The molecule has 0 unspecified atom stereocenters. The summed E-state index contributed by atoms with van der Waals surface area (Å²) in [7, 11) is 0. The summed E-state index contributed by atoms with van der Waals surface area (Å²) in [5, 5.41) is 4.07. The summed E-state index contributed by atoms with van der Waals surface area (Å²) < 4.78 is 6.45. The van der Waals surface area contributed by atoms with Crippen LogP contribution in [0, 0.1) is 0 Å². The highest BCUT2D eigenvalue weighted by Crippen LogP contribution is 2.35. The Hall–Kier alpha value is -3.05. The van der Waals surface area contributed by atoms with Crippen LogP contribution in [0.4, 0.5) is 22.6 Å². The Morgan fingerprint density at radius 2 is 1.63 bits per heavy atom. The van der Waals surface area contributed by atoms with Crippen LogP contribution in [0.2, 0.25) is 0 Å². The number of rotatable bonds is 5. The lowest BCUT2D eigenvalue weighted by Crippen LogP contribution is -2.36. The third-order valence-corrected chi connectivity index (χ3v) is 7.85. The highest BCUT2D eigenvalue weighted by Gasteiger charge is 2.23. The zero-order valence-electron chi connectivity index (χ0n) is 19.8. The first-order valence-corrected chi connectivity index (χ1v) is 13.3. The molecule has 0 aromatic carbocycles. The number of fused-ring (bicyclic) bond motifs is 1. The number of carbonyl (C=O) groups is 1. The number of morpholine rings is 1. The van der Waals surface area contributed by atoms with Gasteiger partial charge in [0.05, 0.1) is 23.6 Å². The fourth-order valence-corrected chi connectivity index (χ4v) is 5.90. The molecule has 1 N–H and O–H groups in total. The monoisotopic (exact) mass is 494 g/mol. The molecule has 35 heavy (non-hydrogen) atoms. The molecule has 3 aromatic rings. The summed E-state index contributed by atoms with van der Waals surface area (Å²) in [6, 6.07) is 3.69. The largest absolute Gasteiger partial charge is 0.378 e. The van der Waals surface area contributed by atoms with Gasteiger partial charge < -0.3 is 24.8 Å².